The standard InChI is InChI=1S/C17H15Cl2NO2/c18-14-7-6-13(10-15(14)19)16-11-20(8-9-22-16)17(21)12-4-2-1-3-5-12/h1-7,10,16H,8-9,11H2. The Bertz CT molecular complexity index is 676. The van der Waals surface area contributed by atoms with E-state index < -0.39 is 0 Å². The van der Waals surface area contributed by atoms with Gasteiger partial charge in [-0.1, -0.05) is 47.5 Å². The van der Waals surface area contributed by atoms with Gasteiger partial charge >= 0.3 is 0 Å². The largest absolute Gasteiger partial charge is 0.370 e. The summed E-state index contributed by atoms with van der Waals surface area (Å²) in [6, 6.07) is 14.7. The van der Waals surface area contributed by atoms with Gasteiger partial charge in [0.15, 0.2) is 0 Å². The van der Waals surface area contributed by atoms with Crippen LogP contribution in [0.3, 0.4) is 0 Å². The molecule has 2 aromatic rings. The number of nitrogens with zero attached hydrogens (tertiary/aromatic N) is 1. The molecule has 5 heteroatoms. The predicted octanol–water partition coefficient (Wildman–Crippen LogP) is 4.21. The maximum Gasteiger partial charge on any atom is 0.254 e. The second-order valence-electron chi connectivity index (χ2n) is 5.15. The quantitative estimate of drug-likeness (QED) is 0.822. The fourth-order valence-corrected chi connectivity index (χ4v) is 2.82. The smallest absolute Gasteiger partial charge is 0.254 e. The van der Waals surface area contributed by atoms with Crippen molar-refractivity contribution in [2.45, 2.75) is 6.10 Å². The Morgan fingerprint density at radius 3 is 2.59 bits per heavy atom. The molecule has 0 bridgehead atoms. The first-order valence-corrected chi connectivity index (χ1v) is 7.81. The highest BCUT2D eigenvalue weighted by Gasteiger charge is 2.26. The van der Waals surface area contributed by atoms with E-state index in [0.29, 0.717) is 35.3 Å². The highest BCUT2D eigenvalue weighted by Crippen LogP contribution is 2.29. The molecule has 3 rings (SSSR count). The van der Waals surface area contributed by atoms with Gasteiger partial charge in [0.2, 0.25) is 0 Å². The van der Waals surface area contributed by atoms with Crippen LogP contribution in [0, 0.1) is 0 Å². The third-order valence-electron chi connectivity index (χ3n) is 3.69. The first-order valence-electron chi connectivity index (χ1n) is 7.06. The number of rotatable bonds is 2. The van der Waals surface area contributed by atoms with Crippen LogP contribution in [0.25, 0.3) is 0 Å². The number of hydrogen-bond acceptors (Lipinski definition) is 2. The van der Waals surface area contributed by atoms with E-state index in [-0.39, 0.29) is 12.0 Å². The molecule has 0 N–H and O–H groups in total. The van der Waals surface area contributed by atoms with Gasteiger partial charge in [-0.3, -0.25) is 4.79 Å². The minimum Gasteiger partial charge on any atom is -0.370 e. The number of morpholine rings is 1. The molecule has 0 radical (unpaired) electrons. The van der Waals surface area contributed by atoms with Gasteiger partial charge in [0.25, 0.3) is 5.91 Å². The zero-order chi connectivity index (χ0) is 15.5. The highest BCUT2D eigenvalue weighted by molar-refractivity contribution is 6.42. The third-order valence-corrected chi connectivity index (χ3v) is 4.43. The van der Waals surface area contributed by atoms with Crippen LogP contribution in [0.2, 0.25) is 10.0 Å². The Kier molecular flexibility index (Phi) is 4.67. The molecule has 1 fully saturated rings. The molecular weight excluding hydrogens is 321 g/mol. The molecule has 2 aromatic carbocycles. The van der Waals surface area contributed by atoms with E-state index >= 15 is 0 Å². The minimum atomic E-state index is -0.184. The Balaban J connectivity index is 1.76. The van der Waals surface area contributed by atoms with Crippen LogP contribution in [0.1, 0.15) is 22.0 Å². The molecule has 114 valence electrons. The summed E-state index contributed by atoms with van der Waals surface area (Å²) in [4.78, 5) is 14.3. The molecule has 1 atom stereocenters. The first-order chi connectivity index (χ1) is 10.6. The number of carbonyl (C=O) groups excluding carboxylic acids is 1. The Hall–Kier alpha value is -1.55. The van der Waals surface area contributed by atoms with E-state index in [1.807, 2.05) is 41.3 Å². The van der Waals surface area contributed by atoms with E-state index in [1.54, 1.807) is 12.1 Å². The lowest BCUT2D eigenvalue weighted by atomic mass is 10.1. The monoisotopic (exact) mass is 335 g/mol. The van der Waals surface area contributed by atoms with Gasteiger partial charge in [-0.2, -0.15) is 0 Å². The van der Waals surface area contributed by atoms with Crippen LogP contribution in [0.4, 0.5) is 0 Å². The van der Waals surface area contributed by atoms with Gasteiger partial charge < -0.3 is 9.64 Å². The number of ether oxygens (including phenoxy) is 1. The van der Waals surface area contributed by atoms with Crippen molar-refractivity contribution in [2.24, 2.45) is 0 Å². The van der Waals surface area contributed by atoms with Crippen molar-refractivity contribution in [2.75, 3.05) is 19.7 Å². The van der Waals surface area contributed by atoms with Crippen LogP contribution in [0.5, 0.6) is 0 Å². The van der Waals surface area contributed by atoms with Crippen molar-refractivity contribution < 1.29 is 9.53 Å². The van der Waals surface area contributed by atoms with Crippen LogP contribution >= 0.6 is 23.2 Å². The summed E-state index contributed by atoms with van der Waals surface area (Å²) in [6.07, 6.45) is -0.184. The average molecular weight is 336 g/mol. The Morgan fingerprint density at radius 1 is 1.09 bits per heavy atom. The van der Waals surface area contributed by atoms with E-state index in [0.717, 1.165) is 5.56 Å². The maximum absolute atomic E-state index is 12.5. The molecule has 1 heterocycles. The van der Waals surface area contributed by atoms with Gasteiger partial charge in [-0.15, -0.1) is 0 Å². The topological polar surface area (TPSA) is 29.5 Å². The molecule has 1 saturated heterocycles. The lowest BCUT2D eigenvalue weighted by Gasteiger charge is -2.33. The maximum atomic E-state index is 12.5. The lowest BCUT2D eigenvalue weighted by Crippen LogP contribution is -2.42. The number of hydrogen-bond donors (Lipinski definition) is 0. The van der Waals surface area contributed by atoms with E-state index in [9.17, 15) is 4.79 Å². The summed E-state index contributed by atoms with van der Waals surface area (Å²) in [5.74, 6) is 0.0222. The summed E-state index contributed by atoms with van der Waals surface area (Å²) in [6.45, 7) is 1.60. The van der Waals surface area contributed by atoms with Crippen molar-refractivity contribution in [1.29, 1.82) is 0 Å². The van der Waals surface area contributed by atoms with Crippen LogP contribution < -0.4 is 0 Å². The van der Waals surface area contributed by atoms with Crippen molar-refractivity contribution in [3.8, 4) is 0 Å². The Labute approximate surface area is 139 Å². The van der Waals surface area contributed by atoms with Gasteiger partial charge in [0, 0.05) is 12.1 Å². The second kappa shape index (κ2) is 6.69. The average Bonchev–Trinajstić information content (AvgIpc) is 2.57. The molecule has 1 unspecified atom stereocenters. The van der Waals surface area contributed by atoms with Crippen LogP contribution in [0.15, 0.2) is 48.5 Å². The highest BCUT2D eigenvalue weighted by atomic mass is 35.5. The third kappa shape index (κ3) is 3.27. The van der Waals surface area contributed by atoms with Gasteiger partial charge in [-0.05, 0) is 29.8 Å². The predicted molar refractivity (Wildman–Crippen MR) is 87.5 cm³/mol. The van der Waals surface area contributed by atoms with Crippen LogP contribution in [-0.4, -0.2) is 30.5 Å². The molecule has 0 spiro atoms. The van der Waals surface area contributed by atoms with Crippen molar-refractivity contribution in [3.05, 3.63) is 69.7 Å². The second-order valence-corrected chi connectivity index (χ2v) is 5.96. The molecule has 0 aromatic heterocycles. The summed E-state index contributed by atoms with van der Waals surface area (Å²) in [7, 11) is 0. The van der Waals surface area contributed by atoms with E-state index in [4.69, 9.17) is 27.9 Å². The molecule has 0 aliphatic carbocycles. The SMILES string of the molecule is O=C(c1ccccc1)N1CCOC(c2ccc(Cl)c(Cl)c2)C1. The zero-order valence-corrected chi connectivity index (χ0v) is 13.3. The first kappa shape index (κ1) is 15.3. The van der Waals surface area contributed by atoms with Gasteiger partial charge in [0.1, 0.15) is 6.10 Å². The summed E-state index contributed by atoms with van der Waals surface area (Å²) >= 11 is 12.0. The molecular formula is C17H15Cl2NO2. The molecule has 1 aliphatic heterocycles. The number of halogens is 2. The molecule has 3 nitrogen and oxygen atoms in total. The lowest BCUT2D eigenvalue weighted by molar-refractivity contribution is -0.0228. The number of carbonyl (C=O) groups is 1. The fraction of sp³-hybridized carbons (Fsp3) is 0.235. The van der Waals surface area contributed by atoms with E-state index in [2.05, 4.69) is 0 Å². The van der Waals surface area contributed by atoms with Gasteiger partial charge in [-0.25, -0.2) is 0 Å². The molecule has 22 heavy (non-hydrogen) atoms. The minimum absolute atomic E-state index is 0.0222. The van der Waals surface area contributed by atoms with E-state index in [1.165, 1.54) is 0 Å². The number of benzene rings is 2. The number of amides is 1. The van der Waals surface area contributed by atoms with Gasteiger partial charge in [0.05, 0.1) is 23.2 Å². The van der Waals surface area contributed by atoms with Crippen molar-refractivity contribution in [1.82, 2.24) is 4.90 Å². The van der Waals surface area contributed by atoms with Crippen LogP contribution in [-0.2, 0) is 4.74 Å². The fourth-order valence-electron chi connectivity index (χ4n) is 2.51. The summed E-state index contributed by atoms with van der Waals surface area (Å²) in [5.41, 5.74) is 1.62. The molecule has 1 aliphatic rings. The Morgan fingerprint density at radius 2 is 1.86 bits per heavy atom. The summed E-state index contributed by atoms with van der Waals surface area (Å²) < 4.78 is 5.78. The molecule has 1 amide bonds. The van der Waals surface area contributed by atoms with Crippen molar-refractivity contribution >= 4 is 29.1 Å². The normalized spacial score (nSPS) is 18.3. The zero-order valence-electron chi connectivity index (χ0n) is 11.8. The van der Waals surface area contributed by atoms with Crippen molar-refractivity contribution in [3.63, 3.8) is 0 Å². The summed E-state index contributed by atoms with van der Waals surface area (Å²) in [5, 5.41) is 1.01. The molecule has 0 saturated carbocycles.